The lowest BCUT2D eigenvalue weighted by Crippen LogP contribution is -2.16. The van der Waals surface area contributed by atoms with Gasteiger partial charge < -0.3 is 9.30 Å². The monoisotopic (exact) mass is 471 g/mol. The Hall–Kier alpha value is -3.55. The summed E-state index contributed by atoms with van der Waals surface area (Å²) in [6.07, 6.45) is 1.81. The molecule has 7 heteroatoms. The zero-order valence-electron chi connectivity index (χ0n) is 18.0. The van der Waals surface area contributed by atoms with Gasteiger partial charge in [0.25, 0.3) is 5.91 Å². The van der Waals surface area contributed by atoms with Crippen LogP contribution in [0.2, 0.25) is 0 Å². The molecule has 5 aromatic rings. The Morgan fingerprint density at radius 2 is 2.06 bits per heavy atom. The maximum absolute atomic E-state index is 13.5. The highest BCUT2D eigenvalue weighted by Gasteiger charge is 2.15. The van der Waals surface area contributed by atoms with Gasteiger partial charge in [-0.05, 0) is 48.7 Å². The molecule has 0 saturated carbocycles. The van der Waals surface area contributed by atoms with Gasteiger partial charge >= 0.3 is 0 Å². The van der Waals surface area contributed by atoms with E-state index >= 15 is 0 Å². The molecule has 0 aliphatic rings. The number of nitrogens with zero attached hydrogens (tertiary/aromatic N) is 3. The largest absolute Gasteiger partial charge is 0.494 e. The molecule has 164 valence electrons. The fourth-order valence-corrected chi connectivity index (χ4v) is 5.50. The van der Waals surface area contributed by atoms with Crippen LogP contribution in [0.15, 0.2) is 83.7 Å². The van der Waals surface area contributed by atoms with E-state index in [1.165, 1.54) is 11.3 Å². The summed E-state index contributed by atoms with van der Waals surface area (Å²) >= 11 is 3.07. The number of hydrogen-bond donors (Lipinski definition) is 0. The quantitative estimate of drug-likeness (QED) is 0.273. The van der Waals surface area contributed by atoms with Gasteiger partial charge in [0.1, 0.15) is 5.75 Å². The van der Waals surface area contributed by atoms with Gasteiger partial charge in [-0.3, -0.25) is 4.79 Å². The van der Waals surface area contributed by atoms with Gasteiger partial charge in [0.15, 0.2) is 4.80 Å². The first-order valence-electron chi connectivity index (χ1n) is 10.6. The number of carbonyl (C=O) groups is 1. The normalized spacial score (nSPS) is 11.8. The molecule has 5 rings (SSSR count). The van der Waals surface area contributed by atoms with Gasteiger partial charge in [-0.25, -0.2) is 4.98 Å². The minimum Gasteiger partial charge on any atom is -0.494 e. The predicted molar refractivity (Wildman–Crippen MR) is 136 cm³/mol. The summed E-state index contributed by atoms with van der Waals surface area (Å²) in [4.78, 5) is 24.5. The number of ether oxygens (including phenoxy) is 1. The Labute approximate surface area is 199 Å². The van der Waals surface area contributed by atoms with Crippen LogP contribution in [0.1, 0.15) is 17.3 Å². The van der Waals surface area contributed by atoms with Crippen molar-refractivity contribution >= 4 is 49.7 Å². The van der Waals surface area contributed by atoms with Crippen molar-refractivity contribution in [2.24, 2.45) is 4.99 Å². The molecule has 0 N–H and O–H groups in total. The molecular formula is C26H21N3O2S2. The molecule has 0 saturated heterocycles. The third-order valence-electron chi connectivity index (χ3n) is 5.19. The highest BCUT2D eigenvalue weighted by atomic mass is 32.1. The van der Waals surface area contributed by atoms with Crippen LogP contribution < -0.4 is 9.54 Å². The van der Waals surface area contributed by atoms with Crippen LogP contribution in [0.4, 0.5) is 0 Å². The lowest BCUT2D eigenvalue weighted by Gasteiger charge is -2.06. The standard InChI is InChI=1S/C26H21N3O2S2/c1-3-13-29-22-12-11-17(31-4-2)15-24(22)33-26(29)28-25(30)19-16-21(23-10-7-14-32-23)27-20-9-6-5-8-18(19)20/h3,5-12,14-16H,1,4,13H2,2H3. The summed E-state index contributed by atoms with van der Waals surface area (Å²) in [5.74, 6) is 0.511. The first-order valence-corrected chi connectivity index (χ1v) is 12.3. The van der Waals surface area contributed by atoms with E-state index in [4.69, 9.17) is 9.72 Å². The lowest BCUT2D eigenvalue weighted by molar-refractivity contribution is 0.0999. The number of pyridine rings is 1. The third-order valence-corrected chi connectivity index (χ3v) is 7.13. The summed E-state index contributed by atoms with van der Waals surface area (Å²) in [6.45, 7) is 6.98. The van der Waals surface area contributed by atoms with E-state index in [1.54, 1.807) is 11.3 Å². The summed E-state index contributed by atoms with van der Waals surface area (Å²) in [7, 11) is 0. The highest BCUT2D eigenvalue weighted by molar-refractivity contribution is 7.16. The summed E-state index contributed by atoms with van der Waals surface area (Å²) in [5.41, 5.74) is 3.09. The van der Waals surface area contributed by atoms with Crippen molar-refractivity contribution < 1.29 is 9.53 Å². The van der Waals surface area contributed by atoms with Gasteiger partial charge in [0.2, 0.25) is 0 Å². The zero-order chi connectivity index (χ0) is 22.8. The summed E-state index contributed by atoms with van der Waals surface area (Å²) < 4.78 is 8.66. The Bertz CT molecular complexity index is 1550. The van der Waals surface area contributed by atoms with Gasteiger partial charge in [0.05, 0.1) is 38.5 Å². The van der Waals surface area contributed by atoms with Gasteiger partial charge in [0, 0.05) is 11.9 Å². The maximum atomic E-state index is 13.5. The molecular weight excluding hydrogens is 450 g/mol. The number of fused-ring (bicyclic) bond motifs is 2. The predicted octanol–water partition coefficient (Wildman–Crippen LogP) is 6.31. The average Bonchev–Trinajstić information content (AvgIpc) is 3.47. The maximum Gasteiger partial charge on any atom is 0.280 e. The summed E-state index contributed by atoms with van der Waals surface area (Å²) in [6, 6.07) is 19.4. The van der Waals surface area contributed by atoms with E-state index in [0.717, 1.165) is 37.4 Å². The molecule has 1 amide bonds. The number of hydrogen-bond acceptors (Lipinski definition) is 5. The molecule has 3 aromatic heterocycles. The van der Waals surface area contributed by atoms with Crippen LogP contribution in [-0.2, 0) is 6.54 Å². The number of aromatic nitrogens is 2. The number of thiazole rings is 1. The number of carbonyl (C=O) groups excluding carboxylic acids is 1. The molecule has 0 radical (unpaired) electrons. The Morgan fingerprint density at radius 3 is 2.85 bits per heavy atom. The van der Waals surface area contributed by atoms with Crippen molar-refractivity contribution in [2.75, 3.05) is 6.61 Å². The fraction of sp³-hybridized carbons (Fsp3) is 0.115. The van der Waals surface area contributed by atoms with Crippen LogP contribution >= 0.6 is 22.7 Å². The topological polar surface area (TPSA) is 56.5 Å². The van der Waals surface area contributed by atoms with E-state index in [0.29, 0.717) is 23.5 Å². The first-order chi connectivity index (χ1) is 16.2. The smallest absolute Gasteiger partial charge is 0.280 e. The van der Waals surface area contributed by atoms with Crippen molar-refractivity contribution in [3.05, 3.63) is 89.1 Å². The van der Waals surface area contributed by atoms with E-state index in [1.807, 2.05) is 83.6 Å². The van der Waals surface area contributed by atoms with E-state index in [2.05, 4.69) is 11.6 Å². The highest BCUT2D eigenvalue weighted by Crippen LogP contribution is 2.28. The number of para-hydroxylation sites is 1. The second-order valence-electron chi connectivity index (χ2n) is 7.31. The van der Waals surface area contributed by atoms with Crippen LogP contribution in [-0.4, -0.2) is 22.1 Å². The van der Waals surface area contributed by atoms with Gasteiger partial charge in [-0.15, -0.1) is 17.9 Å². The molecule has 2 aromatic carbocycles. The molecule has 33 heavy (non-hydrogen) atoms. The molecule has 0 bridgehead atoms. The molecule has 3 heterocycles. The number of amides is 1. The number of benzene rings is 2. The molecule has 0 aliphatic heterocycles. The third kappa shape index (κ3) is 4.13. The van der Waals surface area contributed by atoms with Gasteiger partial charge in [-0.2, -0.15) is 4.99 Å². The minimum atomic E-state index is -0.291. The van der Waals surface area contributed by atoms with Crippen molar-refractivity contribution in [3.8, 4) is 16.3 Å². The van der Waals surface area contributed by atoms with Crippen molar-refractivity contribution in [1.29, 1.82) is 0 Å². The lowest BCUT2D eigenvalue weighted by atomic mass is 10.1. The minimum absolute atomic E-state index is 0.291. The summed E-state index contributed by atoms with van der Waals surface area (Å²) in [5, 5.41) is 2.80. The van der Waals surface area contributed by atoms with E-state index in [-0.39, 0.29) is 5.91 Å². The average molecular weight is 472 g/mol. The van der Waals surface area contributed by atoms with E-state index < -0.39 is 0 Å². The fourth-order valence-electron chi connectivity index (χ4n) is 3.75. The van der Waals surface area contributed by atoms with Crippen molar-refractivity contribution in [1.82, 2.24) is 9.55 Å². The second-order valence-corrected chi connectivity index (χ2v) is 9.27. The molecule has 0 aliphatic carbocycles. The SMILES string of the molecule is C=CCn1c(=NC(=O)c2cc(-c3cccs3)nc3ccccc23)sc2cc(OCC)ccc21. The van der Waals surface area contributed by atoms with E-state index in [9.17, 15) is 4.79 Å². The first kappa shape index (κ1) is 21.3. The van der Waals surface area contributed by atoms with Crippen LogP contribution in [0.3, 0.4) is 0 Å². The number of allylic oxidation sites excluding steroid dienone is 1. The number of thiophene rings is 1. The van der Waals surface area contributed by atoms with Crippen LogP contribution in [0.25, 0.3) is 31.7 Å². The Balaban J connectivity index is 1.68. The van der Waals surface area contributed by atoms with Gasteiger partial charge in [-0.1, -0.05) is 41.7 Å². The molecule has 0 atom stereocenters. The molecule has 5 nitrogen and oxygen atoms in total. The van der Waals surface area contributed by atoms with Crippen molar-refractivity contribution in [3.63, 3.8) is 0 Å². The van der Waals surface area contributed by atoms with Crippen LogP contribution in [0.5, 0.6) is 5.75 Å². The Morgan fingerprint density at radius 1 is 1.18 bits per heavy atom. The Kier molecular flexibility index (Phi) is 5.90. The molecule has 0 unspecified atom stereocenters. The zero-order valence-corrected chi connectivity index (χ0v) is 19.7. The number of rotatable bonds is 6. The van der Waals surface area contributed by atoms with Crippen molar-refractivity contribution in [2.45, 2.75) is 13.5 Å². The second kappa shape index (κ2) is 9.13. The van der Waals surface area contributed by atoms with Crippen LogP contribution in [0, 0.1) is 0 Å². The molecule has 0 fully saturated rings. The molecule has 0 spiro atoms.